The van der Waals surface area contributed by atoms with Crippen LogP contribution < -0.4 is 0 Å². The smallest absolute Gasteiger partial charge is 0.0900 e. The summed E-state index contributed by atoms with van der Waals surface area (Å²) in [4.78, 5) is 2.10. The molecule has 1 aromatic heterocycles. The SMILES string of the molecule is CN(Cc1csc(Br)c1)CC(O)COC(C)(C)C. The van der Waals surface area contributed by atoms with E-state index in [9.17, 15) is 5.11 Å². The van der Waals surface area contributed by atoms with Crippen LogP contribution in [0.3, 0.4) is 0 Å². The van der Waals surface area contributed by atoms with Crippen molar-refractivity contribution in [3.63, 3.8) is 0 Å². The van der Waals surface area contributed by atoms with E-state index in [-0.39, 0.29) is 5.60 Å². The van der Waals surface area contributed by atoms with Crippen molar-refractivity contribution < 1.29 is 9.84 Å². The molecule has 0 aliphatic carbocycles. The highest BCUT2D eigenvalue weighted by molar-refractivity contribution is 9.11. The standard InChI is InChI=1S/C13H22BrNO2S/c1-13(2,3)17-8-11(16)7-15(4)6-10-5-12(14)18-9-10/h5,9,11,16H,6-8H2,1-4H3. The number of aliphatic hydroxyl groups excluding tert-OH is 1. The zero-order valence-corrected chi connectivity index (χ0v) is 13.8. The van der Waals surface area contributed by atoms with Crippen LogP contribution in [0, 0.1) is 0 Å². The highest BCUT2D eigenvalue weighted by Gasteiger charge is 2.15. The van der Waals surface area contributed by atoms with Gasteiger partial charge in [0.2, 0.25) is 0 Å². The first-order valence-corrected chi connectivity index (χ1v) is 7.67. The Bertz CT molecular complexity index is 362. The molecule has 104 valence electrons. The summed E-state index contributed by atoms with van der Waals surface area (Å²) < 4.78 is 6.71. The second kappa shape index (κ2) is 7.01. The fourth-order valence-corrected chi connectivity index (χ4v) is 2.76. The predicted octanol–water partition coefficient (Wildman–Crippen LogP) is 3.12. The van der Waals surface area contributed by atoms with Gasteiger partial charge in [-0.2, -0.15) is 0 Å². The van der Waals surface area contributed by atoms with Crippen LogP contribution in [0.25, 0.3) is 0 Å². The summed E-state index contributed by atoms with van der Waals surface area (Å²) in [7, 11) is 2.01. The van der Waals surface area contributed by atoms with E-state index in [4.69, 9.17) is 4.74 Å². The summed E-state index contributed by atoms with van der Waals surface area (Å²) in [5.41, 5.74) is 1.07. The Morgan fingerprint density at radius 3 is 2.67 bits per heavy atom. The van der Waals surface area contributed by atoms with Gasteiger partial charge in [0.15, 0.2) is 0 Å². The molecule has 0 aromatic carbocycles. The molecule has 0 amide bonds. The predicted molar refractivity (Wildman–Crippen MR) is 80.1 cm³/mol. The third-order valence-electron chi connectivity index (χ3n) is 2.31. The van der Waals surface area contributed by atoms with E-state index in [2.05, 4.69) is 32.3 Å². The molecule has 1 N–H and O–H groups in total. The van der Waals surface area contributed by atoms with E-state index in [1.165, 1.54) is 5.56 Å². The Morgan fingerprint density at radius 2 is 2.17 bits per heavy atom. The number of hydrogen-bond donors (Lipinski definition) is 1. The number of thiophene rings is 1. The van der Waals surface area contributed by atoms with Crippen LogP contribution in [0.2, 0.25) is 0 Å². The molecule has 18 heavy (non-hydrogen) atoms. The number of rotatable bonds is 6. The molecule has 1 unspecified atom stereocenters. The van der Waals surface area contributed by atoms with Crippen LogP contribution in [-0.2, 0) is 11.3 Å². The van der Waals surface area contributed by atoms with Gasteiger partial charge in [0.05, 0.1) is 22.1 Å². The molecule has 1 atom stereocenters. The van der Waals surface area contributed by atoms with Crippen molar-refractivity contribution in [2.24, 2.45) is 0 Å². The Kier molecular flexibility index (Phi) is 6.27. The molecule has 0 aliphatic rings. The van der Waals surface area contributed by atoms with Crippen molar-refractivity contribution in [2.75, 3.05) is 20.2 Å². The van der Waals surface area contributed by atoms with Gasteiger partial charge in [0.25, 0.3) is 0 Å². The Hall–Kier alpha value is 0.0600. The van der Waals surface area contributed by atoms with E-state index in [1.54, 1.807) is 11.3 Å². The first-order chi connectivity index (χ1) is 8.26. The van der Waals surface area contributed by atoms with Gasteiger partial charge in [-0.15, -0.1) is 11.3 Å². The number of ether oxygens (including phenoxy) is 1. The van der Waals surface area contributed by atoms with E-state index >= 15 is 0 Å². The van der Waals surface area contributed by atoms with Crippen molar-refractivity contribution in [3.8, 4) is 0 Å². The maximum absolute atomic E-state index is 9.89. The van der Waals surface area contributed by atoms with Crippen molar-refractivity contribution in [3.05, 3.63) is 20.8 Å². The number of nitrogens with zero attached hydrogens (tertiary/aromatic N) is 1. The molecule has 0 radical (unpaired) electrons. The monoisotopic (exact) mass is 335 g/mol. The largest absolute Gasteiger partial charge is 0.389 e. The third-order valence-corrected chi connectivity index (χ3v) is 3.86. The minimum absolute atomic E-state index is 0.197. The summed E-state index contributed by atoms with van der Waals surface area (Å²) in [5, 5.41) is 12.0. The number of halogens is 1. The molecule has 0 saturated heterocycles. The molecular formula is C13H22BrNO2S. The van der Waals surface area contributed by atoms with Crippen molar-refractivity contribution in [2.45, 2.75) is 39.0 Å². The normalized spacial score (nSPS) is 14.2. The number of likely N-dealkylation sites (N-methyl/N-ethyl adjacent to an activating group) is 1. The zero-order chi connectivity index (χ0) is 13.8. The van der Waals surface area contributed by atoms with Crippen molar-refractivity contribution in [1.29, 1.82) is 0 Å². The van der Waals surface area contributed by atoms with Gasteiger partial charge in [-0.1, -0.05) is 0 Å². The Labute approximate surface area is 122 Å². The summed E-state index contributed by atoms with van der Waals surface area (Å²) in [6, 6.07) is 2.11. The van der Waals surface area contributed by atoms with Crippen LogP contribution in [0.15, 0.2) is 15.2 Å². The van der Waals surface area contributed by atoms with Crippen LogP contribution in [0.1, 0.15) is 26.3 Å². The first kappa shape index (κ1) is 16.1. The van der Waals surface area contributed by atoms with E-state index in [0.29, 0.717) is 13.2 Å². The van der Waals surface area contributed by atoms with Crippen LogP contribution in [-0.4, -0.2) is 41.9 Å². The van der Waals surface area contributed by atoms with Crippen LogP contribution in [0.4, 0.5) is 0 Å². The van der Waals surface area contributed by atoms with Gasteiger partial charge in [0, 0.05) is 13.1 Å². The molecule has 0 bridgehead atoms. The maximum atomic E-state index is 9.89. The molecule has 5 heteroatoms. The highest BCUT2D eigenvalue weighted by atomic mass is 79.9. The zero-order valence-electron chi connectivity index (χ0n) is 11.4. The topological polar surface area (TPSA) is 32.7 Å². The lowest BCUT2D eigenvalue weighted by Crippen LogP contribution is -2.34. The molecular weight excluding hydrogens is 314 g/mol. The first-order valence-electron chi connectivity index (χ1n) is 6.00. The summed E-state index contributed by atoms with van der Waals surface area (Å²) >= 11 is 5.13. The lowest BCUT2D eigenvalue weighted by atomic mass is 10.2. The average molecular weight is 336 g/mol. The summed E-state index contributed by atoms with van der Waals surface area (Å²) in [5.74, 6) is 0. The second-order valence-electron chi connectivity index (χ2n) is 5.53. The third kappa shape index (κ3) is 6.85. The Balaban J connectivity index is 2.29. The average Bonchev–Trinajstić information content (AvgIpc) is 2.59. The van der Waals surface area contributed by atoms with Crippen molar-refractivity contribution in [1.82, 2.24) is 4.90 Å². The fourth-order valence-electron chi connectivity index (χ4n) is 1.56. The summed E-state index contributed by atoms with van der Waals surface area (Å²) in [6.45, 7) is 7.81. The second-order valence-corrected chi connectivity index (χ2v) is 7.82. The number of aliphatic hydroxyl groups is 1. The number of hydrogen-bond acceptors (Lipinski definition) is 4. The minimum atomic E-state index is -0.448. The van der Waals surface area contributed by atoms with Gasteiger partial charge in [0.1, 0.15) is 0 Å². The van der Waals surface area contributed by atoms with E-state index < -0.39 is 6.10 Å². The highest BCUT2D eigenvalue weighted by Crippen LogP contribution is 2.21. The fraction of sp³-hybridized carbons (Fsp3) is 0.692. The van der Waals surface area contributed by atoms with Gasteiger partial charge in [-0.25, -0.2) is 0 Å². The molecule has 3 nitrogen and oxygen atoms in total. The lowest BCUT2D eigenvalue weighted by Gasteiger charge is -2.24. The van der Waals surface area contributed by atoms with Crippen LogP contribution >= 0.6 is 27.3 Å². The van der Waals surface area contributed by atoms with E-state index in [0.717, 1.165) is 10.3 Å². The quantitative estimate of drug-likeness (QED) is 0.866. The molecule has 0 fully saturated rings. The van der Waals surface area contributed by atoms with Crippen LogP contribution in [0.5, 0.6) is 0 Å². The molecule has 0 saturated carbocycles. The van der Waals surface area contributed by atoms with Gasteiger partial charge in [-0.3, -0.25) is 4.90 Å². The van der Waals surface area contributed by atoms with Crippen molar-refractivity contribution >= 4 is 27.3 Å². The van der Waals surface area contributed by atoms with E-state index in [1.807, 2.05) is 27.8 Å². The van der Waals surface area contributed by atoms with Gasteiger partial charge >= 0.3 is 0 Å². The molecule has 1 rings (SSSR count). The van der Waals surface area contributed by atoms with Gasteiger partial charge in [-0.05, 0) is 60.8 Å². The van der Waals surface area contributed by atoms with Gasteiger partial charge < -0.3 is 9.84 Å². The summed E-state index contributed by atoms with van der Waals surface area (Å²) in [6.07, 6.45) is -0.448. The molecule has 1 aromatic rings. The minimum Gasteiger partial charge on any atom is -0.389 e. The lowest BCUT2D eigenvalue weighted by molar-refractivity contribution is -0.0550. The molecule has 1 heterocycles. The molecule has 0 spiro atoms. The Morgan fingerprint density at radius 1 is 1.50 bits per heavy atom. The molecule has 0 aliphatic heterocycles. The maximum Gasteiger partial charge on any atom is 0.0900 e.